The van der Waals surface area contributed by atoms with Crippen LogP contribution in [0.2, 0.25) is 0 Å². The zero-order valence-electron chi connectivity index (χ0n) is 14.0. The van der Waals surface area contributed by atoms with Crippen molar-refractivity contribution in [2.24, 2.45) is 0 Å². The molecule has 0 saturated heterocycles. The van der Waals surface area contributed by atoms with Gasteiger partial charge in [-0.15, -0.1) is 0 Å². The molecule has 0 amide bonds. The molecule has 0 aliphatic heterocycles. The van der Waals surface area contributed by atoms with E-state index in [4.69, 9.17) is 19.5 Å². The molecule has 1 aliphatic rings. The van der Waals surface area contributed by atoms with Gasteiger partial charge in [-0.1, -0.05) is 0 Å². The number of hydrogen-bond acceptors (Lipinski definition) is 5. The van der Waals surface area contributed by atoms with Crippen LogP contribution in [0.4, 0.5) is 0 Å². The number of esters is 1. The van der Waals surface area contributed by atoms with Crippen molar-refractivity contribution >= 4 is 5.97 Å². The predicted octanol–water partition coefficient (Wildman–Crippen LogP) is 4.11. The van der Waals surface area contributed by atoms with Crippen molar-refractivity contribution in [1.29, 1.82) is 5.26 Å². The quantitative estimate of drug-likeness (QED) is 0.607. The molecule has 0 N–H and O–H groups in total. The van der Waals surface area contributed by atoms with E-state index in [1.807, 2.05) is 6.07 Å². The zero-order valence-corrected chi connectivity index (χ0v) is 14.0. The van der Waals surface area contributed by atoms with Crippen molar-refractivity contribution in [1.82, 2.24) is 0 Å². The van der Waals surface area contributed by atoms with Gasteiger partial charge in [-0.2, -0.15) is 5.26 Å². The van der Waals surface area contributed by atoms with Gasteiger partial charge in [0.15, 0.2) is 11.5 Å². The van der Waals surface area contributed by atoms with Crippen molar-refractivity contribution in [2.45, 2.75) is 31.8 Å². The molecular formula is C20H19NO4. The second kappa shape index (κ2) is 7.71. The number of benzene rings is 2. The topological polar surface area (TPSA) is 68.5 Å². The summed E-state index contributed by atoms with van der Waals surface area (Å²) in [5.41, 5.74) is 0.857. The fourth-order valence-electron chi connectivity index (χ4n) is 2.85. The van der Waals surface area contributed by atoms with Gasteiger partial charge < -0.3 is 14.2 Å². The highest BCUT2D eigenvalue weighted by Gasteiger charge is 2.17. The fraction of sp³-hybridized carbons (Fsp3) is 0.300. The average molecular weight is 337 g/mol. The minimum atomic E-state index is -0.490. The smallest absolute Gasteiger partial charge is 0.343 e. The number of ether oxygens (including phenoxy) is 3. The van der Waals surface area contributed by atoms with Crippen LogP contribution < -0.4 is 14.2 Å². The Hall–Kier alpha value is -3.00. The van der Waals surface area contributed by atoms with Gasteiger partial charge in [0.25, 0.3) is 0 Å². The maximum absolute atomic E-state index is 12.3. The van der Waals surface area contributed by atoms with E-state index in [1.165, 1.54) is 26.0 Å². The number of methoxy groups -OCH3 is 1. The molecule has 1 fully saturated rings. The summed E-state index contributed by atoms with van der Waals surface area (Å²) in [5, 5.41) is 8.91. The highest BCUT2D eigenvalue weighted by atomic mass is 16.6. The minimum Gasteiger partial charge on any atom is -0.493 e. The summed E-state index contributed by atoms with van der Waals surface area (Å²) in [7, 11) is 1.46. The third kappa shape index (κ3) is 4.10. The standard InChI is InChI=1S/C20H19NO4/c1-23-19-12-14(13-21)6-11-18(19)25-20(22)15-7-9-17(10-8-15)24-16-4-2-3-5-16/h6-12,16H,2-5H2,1H3. The summed E-state index contributed by atoms with van der Waals surface area (Å²) in [6.45, 7) is 0. The molecule has 0 atom stereocenters. The van der Waals surface area contributed by atoms with Crippen molar-refractivity contribution in [3.05, 3.63) is 53.6 Å². The molecule has 0 aromatic heterocycles. The van der Waals surface area contributed by atoms with E-state index >= 15 is 0 Å². The number of rotatable bonds is 5. The predicted molar refractivity (Wildman–Crippen MR) is 92.0 cm³/mol. The summed E-state index contributed by atoms with van der Waals surface area (Å²) in [4.78, 5) is 12.3. The van der Waals surface area contributed by atoms with Crippen molar-refractivity contribution < 1.29 is 19.0 Å². The van der Waals surface area contributed by atoms with Crippen LogP contribution in [0.25, 0.3) is 0 Å². The maximum Gasteiger partial charge on any atom is 0.343 e. The molecule has 3 rings (SSSR count). The number of hydrogen-bond donors (Lipinski definition) is 0. The third-order valence-electron chi connectivity index (χ3n) is 4.19. The molecule has 0 heterocycles. The SMILES string of the molecule is COc1cc(C#N)ccc1OC(=O)c1ccc(OC2CCCC2)cc1. The molecule has 5 nitrogen and oxygen atoms in total. The van der Waals surface area contributed by atoms with E-state index in [2.05, 4.69) is 0 Å². The first kappa shape index (κ1) is 16.8. The molecule has 0 spiro atoms. The van der Waals surface area contributed by atoms with Crippen molar-refractivity contribution in [3.8, 4) is 23.3 Å². The molecule has 0 bridgehead atoms. The summed E-state index contributed by atoms with van der Waals surface area (Å²) < 4.78 is 16.4. The van der Waals surface area contributed by atoms with E-state index in [0.717, 1.165) is 18.6 Å². The lowest BCUT2D eigenvalue weighted by molar-refractivity contribution is 0.0729. The second-order valence-electron chi connectivity index (χ2n) is 5.92. The average Bonchev–Trinajstić information content (AvgIpc) is 3.15. The Morgan fingerprint density at radius 3 is 2.44 bits per heavy atom. The normalized spacial score (nSPS) is 13.9. The van der Waals surface area contributed by atoms with Crippen LogP contribution in [0.15, 0.2) is 42.5 Å². The first-order chi connectivity index (χ1) is 12.2. The van der Waals surface area contributed by atoms with Crippen LogP contribution >= 0.6 is 0 Å². The molecule has 128 valence electrons. The lowest BCUT2D eigenvalue weighted by Gasteiger charge is -2.13. The highest BCUT2D eigenvalue weighted by Crippen LogP contribution is 2.29. The fourth-order valence-corrected chi connectivity index (χ4v) is 2.85. The van der Waals surface area contributed by atoms with Gasteiger partial charge in [-0.25, -0.2) is 4.79 Å². The molecule has 2 aromatic carbocycles. The third-order valence-corrected chi connectivity index (χ3v) is 4.19. The molecule has 1 aliphatic carbocycles. The lowest BCUT2D eigenvalue weighted by Crippen LogP contribution is -2.12. The van der Waals surface area contributed by atoms with Gasteiger partial charge in [0, 0.05) is 6.07 Å². The van der Waals surface area contributed by atoms with E-state index in [0.29, 0.717) is 16.9 Å². The van der Waals surface area contributed by atoms with Crippen LogP contribution in [0.3, 0.4) is 0 Å². The Morgan fingerprint density at radius 2 is 1.80 bits per heavy atom. The number of carbonyl (C=O) groups excluding carboxylic acids is 1. The van der Waals surface area contributed by atoms with E-state index in [-0.39, 0.29) is 11.9 Å². The van der Waals surface area contributed by atoms with Crippen molar-refractivity contribution in [3.63, 3.8) is 0 Å². The molecule has 5 heteroatoms. The minimum absolute atomic E-state index is 0.276. The molecule has 25 heavy (non-hydrogen) atoms. The maximum atomic E-state index is 12.3. The van der Waals surface area contributed by atoms with Gasteiger partial charge in [-0.3, -0.25) is 0 Å². The van der Waals surface area contributed by atoms with E-state index < -0.39 is 5.97 Å². The summed E-state index contributed by atoms with van der Waals surface area (Å²) in [6, 6.07) is 13.6. The summed E-state index contributed by atoms with van der Waals surface area (Å²) >= 11 is 0. The van der Waals surface area contributed by atoms with Crippen LogP contribution in [0.1, 0.15) is 41.6 Å². The summed E-state index contributed by atoms with van der Waals surface area (Å²) in [6.07, 6.45) is 4.87. The monoisotopic (exact) mass is 337 g/mol. The van der Waals surface area contributed by atoms with E-state index in [1.54, 1.807) is 36.4 Å². The molecule has 0 radical (unpaired) electrons. The first-order valence-electron chi connectivity index (χ1n) is 8.26. The largest absolute Gasteiger partial charge is 0.493 e. The Morgan fingerprint density at radius 1 is 1.08 bits per heavy atom. The number of carbonyl (C=O) groups is 1. The van der Waals surface area contributed by atoms with Gasteiger partial charge in [-0.05, 0) is 62.1 Å². The second-order valence-corrected chi connectivity index (χ2v) is 5.92. The molecule has 2 aromatic rings. The molecule has 1 saturated carbocycles. The lowest BCUT2D eigenvalue weighted by atomic mass is 10.2. The highest BCUT2D eigenvalue weighted by molar-refractivity contribution is 5.91. The van der Waals surface area contributed by atoms with Gasteiger partial charge in [0.05, 0.1) is 30.4 Å². The van der Waals surface area contributed by atoms with Crippen molar-refractivity contribution in [2.75, 3.05) is 7.11 Å². The first-order valence-corrected chi connectivity index (χ1v) is 8.26. The number of nitrogens with zero attached hydrogens (tertiary/aromatic N) is 1. The van der Waals surface area contributed by atoms with Crippen LogP contribution in [-0.2, 0) is 0 Å². The van der Waals surface area contributed by atoms with Gasteiger partial charge in [0.1, 0.15) is 5.75 Å². The molecular weight excluding hydrogens is 318 g/mol. The Labute approximate surface area is 146 Å². The number of nitriles is 1. The Kier molecular flexibility index (Phi) is 5.20. The van der Waals surface area contributed by atoms with E-state index in [9.17, 15) is 4.79 Å². The molecule has 0 unspecified atom stereocenters. The van der Waals surface area contributed by atoms with Gasteiger partial charge >= 0.3 is 5.97 Å². The van der Waals surface area contributed by atoms with Crippen LogP contribution in [0, 0.1) is 11.3 Å². The zero-order chi connectivity index (χ0) is 17.6. The Bertz CT molecular complexity index is 786. The van der Waals surface area contributed by atoms with Gasteiger partial charge in [0.2, 0.25) is 0 Å². The Balaban J connectivity index is 1.68. The summed E-state index contributed by atoms with van der Waals surface area (Å²) in [5.74, 6) is 0.890. The van der Waals surface area contributed by atoms with Crippen LogP contribution in [0.5, 0.6) is 17.2 Å². The van der Waals surface area contributed by atoms with Crippen LogP contribution in [-0.4, -0.2) is 19.2 Å².